The van der Waals surface area contributed by atoms with Gasteiger partial charge in [-0.2, -0.15) is 0 Å². The Kier molecular flexibility index (Phi) is 4.83. The second-order valence-corrected chi connectivity index (χ2v) is 5.72. The molecule has 3 rings (SSSR count). The van der Waals surface area contributed by atoms with E-state index in [1.165, 1.54) is 24.3 Å². The molecule has 1 unspecified atom stereocenters. The van der Waals surface area contributed by atoms with E-state index in [4.69, 9.17) is 14.3 Å². The first-order valence-corrected chi connectivity index (χ1v) is 7.85. The van der Waals surface area contributed by atoms with Crippen LogP contribution < -0.4 is 9.47 Å². The molecule has 1 heterocycles. The third-order valence-corrected chi connectivity index (χ3v) is 3.86. The van der Waals surface area contributed by atoms with Crippen LogP contribution in [0.5, 0.6) is 11.5 Å². The first-order valence-electron chi connectivity index (χ1n) is 7.85. The summed E-state index contributed by atoms with van der Waals surface area (Å²) in [6.45, 7) is 1.89. The van der Waals surface area contributed by atoms with E-state index in [0.29, 0.717) is 23.6 Å². The number of carbonyl (C=O) groups excluding carboxylic acids is 1. The molecule has 8 heteroatoms. The summed E-state index contributed by atoms with van der Waals surface area (Å²) in [5.74, 6) is 0.565. The maximum atomic E-state index is 12.1. The van der Waals surface area contributed by atoms with Crippen molar-refractivity contribution < 1.29 is 24.0 Å². The lowest BCUT2D eigenvalue weighted by molar-refractivity contribution is -0.384. The number of ether oxygens (including phenoxy) is 2. The number of carbonyl (C=O) groups is 1. The smallest absolute Gasteiger partial charge is 0.365 e. The van der Waals surface area contributed by atoms with E-state index in [2.05, 4.69) is 5.16 Å². The molecule has 0 radical (unpaired) electrons. The van der Waals surface area contributed by atoms with Crippen molar-refractivity contribution in [3.05, 3.63) is 63.7 Å². The first-order chi connectivity index (χ1) is 12.5. The molecule has 1 aliphatic heterocycles. The molecule has 0 amide bonds. The van der Waals surface area contributed by atoms with Crippen molar-refractivity contribution in [3.63, 3.8) is 0 Å². The van der Waals surface area contributed by atoms with Crippen LogP contribution in [0.25, 0.3) is 0 Å². The lowest BCUT2D eigenvalue weighted by Gasteiger charge is -2.24. The van der Waals surface area contributed by atoms with Gasteiger partial charge in [0.2, 0.25) is 0 Å². The van der Waals surface area contributed by atoms with E-state index in [-0.39, 0.29) is 17.4 Å². The van der Waals surface area contributed by atoms with Gasteiger partial charge in [0.15, 0.2) is 0 Å². The summed E-state index contributed by atoms with van der Waals surface area (Å²) >= 11 is 0. The molecule has 0 saturated carbocycles. The zero-order chi connectivity index (χ0) is 18.7. The number of benzene rings is 2. The van der Waals surface area contributed by atoms with Crippen LogP contribution in [0.15, 0.2) is 47.6 Å². The molecule has 0 aromatic heterocycles. The standard InChI is InChI=1S/C18H16N2O6/c1-11-9-16(15-8-7-14(24-2)10-17(15)25-11)19-26-18(21)12-3-5-13(6-4-12)20(22)23/h3-8,10-11H,9H2,1-2H3/b19-16-. The summed E-state index contributed by atoms with van der Waals surface area (Å²) in [7, 11) is 1.56. The molecule has 26 heavy (non-hydrogen) atoms. The minimum Gasteiger partial charge on any atom is -0.497 e. The summed E-state index contributed by atoms with van der Waals surface area (Å²) in [6, 6.07) is 10.4. The minimum atomic E-state index is -0.693. The molecular weight excluding hydrogens is 340 g/mol. The number of fused-ring (bicyclic) bond motifs is 1. The highest BCUT2D eigenvalue weighted by Crippen LogP contribution is 2.31. The van der Waals surface area contributed by atoms with Gasteiger partial charge in [-0.3, -0.25) is 10.1 Å². The van der Waals surface area contributed by atoms with Crippen LogP contribution in [0.2, 0.25) is 0 Å². The number of nitro benzene ring substituents is 1. The van der Waals surface area contributed by atoms with Gasteiger partial charge < -0.3 is 14.3 Å². The van der Waals surface area contributed by atoms with Gasteiger partial charge in [-0.1, -0.05) is 5.16 Å². The van der Waals surface area contributed by atoms with Gasteiger partial charge in [0.25, 0.3) is 5.69 Å². The summed E-state index contributed by atoms with van der Waals surface area (Å²) in [4.78, 5) is 27.3. The molecule has 2 aromatic carbocycles. The Bertz CT molecular complexity index is 876. The van der Waals surface area contributed by atoms with Crippen molar-refractivity contribution >= 4 is 17.4 Å². The topological polar surface area (TPSA) is 100 Å². The Morgan fingerprint density at radius 3 is 2.65 bits per heavy atom. The lowest BCUT2D eigenvalue weighted by atomic mass is 10.0. The zero-order valence-electron chi connectivity index (χ0n) is 14.2. The third-order valence-electron chi connectivity index (χ3n) is 3.86. The molecule has 0 bridgehead atoms. The zero-order valence-corrected chi connectivity index (χ0v) is 14.2. The van der Waals surface area contributed by atoms with E-state index in [1.807, 2.05) is 6.92 Å². The molecule has 0 spiro atoms. The van der Waals surface area contributed by atoms with Gasteiger partial charge in [-0.25, -0.2) is 4.79 Å². The summed E-state index contributed by atoms with van der Waals surface area (Å²) in [5, 5.41) is 14.6. The number of oxime groups is 1. The fourth-order valence-corrected chi connectivity index (χ4v) is 2.56. The lowest BCUT2D eigenvalue weighted by Crippen LogP contribution is -2.25. The molecule has 0 saturated heterocycles. The summed E-state index contributed by atoms with van der Waals surface area (Å²) in [5.41, 5.74) is 1.38. The molecule has 0 N–H and O–H groups in total. The van der Waals surface area contributed by atoms with Gasteiger partial charge >= 0.3 is 5.97 Å². The Hall–Kier alpha value is -3.42. The van der Waals surface area contributed by atoms with Crippen molar-refractivity contribution in [2.75, 3.05) is 7.11 Å². The highest BCUT2D eigenvalue weighted by atomic mass is 16.7. The molecule has 8 nitrogen and oxygen atoms in total. The van der Waals surface area contributed by atoms with Crippen molar-refractivity contribution in [2.45, 2.75) is 19.4 Å². The number of hydrogen-bond acceptors (Lipinski definition) is 7. The number of nitro groups is 1. The van der Waals surface area contributed by atoms with Gasteiger partial charge in [0.1, 0.15) is 17.6 Å². The fraction of sp³-hybridized carbons (Fsp3) is 0.222. The van der Waals surface area contributed by atoms with Crippen LogP contribution in [-0.4, -0.2) is 29.8 Å². The van der Waals surface area contributed by atoms with Gasteiger partial charge in [0.05, 0.1) is 23.3 Å². The Balaban J connectivity index is 1.80. The molecule has 0 aliphatic carbocycles. The van der Waals surface area contributed by atoms with Gasteiger partial charge in [-0.05, 0) is 31.2 Å². The van der Waals surface area contributed by atoms with Crippen LogP contribution >= 0.6 is 0 Å². The average molecular weight is 356 g/mol. The third kappa shape index (κ3) is 3.64. The quantitative estimate of drug-likeness (QED) is 0.473. The number of nitrogens with zero attached hydrogens (tertiary/aromatic N) is 2. The molecule has 1 aliphatic rings. The average Bonchev–Trinajstić information content (AvgIpc) is 2.65. The highest BCUT2D eigenvalue weighted by Gasteiger charge is 2.24. The second-order valence-electron chi connectivity index (χ2n) is 5.72. The van der Waals surface area contributed by atoms with Crippen molar-refractivity contribution in [1.82, 2.24) is 0 Å². The number of methoxy groups -OCH3 is 1. The Morgan fingerprint density at radius 2 is 2.00 bits per heavy atom. The maximum absolute atomic E-state index is 12.1. The Morgan fingerprint density at radius 1 is 1.27 bits per heavy atom. The second kappa shape index (κ2) is 7.22. The predicted molar refractivity (Wildman–Crippen MR) is 92.7 cm³/mol. The maximum Gasteiger partial charge on any atom is 0.365 e. The fourth-order valence-electron chi connectivity index (χ4n) is 2.56. The van der Waals surface area contributed by atoms with Crippen LogP contribution in [0.3, 0.4) is 0 Å². The number of hydrogen-bond donors (Lipinski definition) is 0. The Labute approximate surface area is 149 Å². The van der Waals surface area contributed by atoms with Crippen molar-refractivity contribution in [3.8, 4) is 11.5 Å². The molecular formula is C18H16N2O6. The molecule has 2 aromatic rings. The predicted octanol–water partition coefficient (Wildman–Crippen LogP) is 3.34. The first kappa shape index (κ1) is 17.4. The van der Waals surface area contributed by atoms with Crippen LogP contribution in [0.1, 0.15) is 29.3 Å². The number of rotatable bonds is 4. The highest BCUT2D eigenvalue weighted by molar-refractivity contribution is 6.04. The van der Waals surface area contributed by atoms with Crippen LogP contribution in [0, 0.1) is 10.1 Å². The SMILES string of the molecule is COc1ccc2c(c1)OC(C)C/C2=N/OC(=O)c1ccc([N+](=O)[O-])cc1. The monoisotopic (exact) mass is 356 g/mol. The van der Waals surface area contributed by atoms with Gasteiger partial charge in [0, 0.05) is 30.2 Å². The summed E-state index contributed by atoms with van der Waals surface area (Å²) in [6.07, 6.45) is 0.346. The van der Waals surface area contributed by atoms with E-state index >= 15 is 0 Å². The minimum absolute atomic E-state index is 0.103. The van der Waals surface area contributed by atoms with E-state index in [1.54, 1.807) is 25.3 Å². The molecule has 134 valence electrons. The summed E-state index contributed by atoms with van der Waals surface area (Å²) < 4.78 is 10.9. The van der Waals surface area contributed by atoms with Crippen molar-refractivity contribution in [1.29, 1.82) is 0 Å². The van der Waals surface area contributed by atoms with E-state index < -0.39 is 10.9 Å². The van der Waals surface area contributed by atoms with Gasteiger partial charge in [-0.15, -0.1) is 0 Å². The van der Waals surface area contributed by atoms with E-state index in [0.717, 1.165) is 5.56 Å². The van der Waals surface area contributed by atoms with Crippen LogP contribution in [-0.2, 0) is 4.84 Å². The van der Waals surface area contributed by atoms with E-state index in [9.17, 15) is 14.9 Å². The van der Waals surface area contributed by atoms with Crippen LogP contribution in [0.4, 0.5) is 5.69 Å². The normalized spacial score (nSPS) is 17.2. The largest absolute Gasteiger partial charge is 0.497 e. The number of non-ortho nitro benzene ring substituents is 1. The van der Waals surface area contributed by atoms with Crippen molar-refractivity contribution in [2.24, 2.45) is 5.16 Å². The molecule has 1 atom stereocenters. The molecule has 0 fully saturated rings.